The normalized spacial score (nSPS) is 10.9. The highest BCUT2D eigenvalue weighted by molar-refractivity contribution is 6.04. The number of nitrogens with two attached hydrogens (primary N) is 1. The molecule has 1 aromatic carbocycles. The lowest BCUT2D eigenvalue weighted by molar-refractivity contribution is 0.102. The number of carbonyl (C=O) groups is 1. The third-order valence-corrected chi connectivity index (χ3v) is 3.16. The number of aromatic nitrogens is 1. The number of pyridine rings is 1. The van der Waals surface area contributed by atoms with Gasteiger partial charge in [-0.25, -0.2) is 0 Å². The number of anilines is 1. The van der Waals surface area contributed by atoms with Crippen LogP contribution < -0.4 is 11.1 Å². The summed E-state index contributed by atoms with van der Waals surface area (Å²) in [5.74, 6) is -0.149. The Labute approximate surface area is 143 Å². The largest absolute Gasteiger partial charge is 0.324 e. The van der Waals surface area contributed by atoms with Gasteiger partial charge in [-0.15, -0.1) is 24.8 Å². The van der Waals surface area contributed by atoms with Gasteiger partial charge in [-0.05, 0) is 50.6 Å². The lowest BCUT2D eigenvalue weighted by Crippen LogP contribution is -2.14. The molecule has 0 aliphatic rings. The van der Waals surface area contributed by atoms with Crippen LogP contribution in [0.5, 0.6) is 0 Å². The first kappa shape index (κ1) is 20.4. The number of aryl methyl sites for hydroxylation is 2. The zero-order chi connectivity index (χ0) is 14.7. The summed E-state index contributed by atoms with van der Waals surface area (Å²) in [5.41, 5.74) is 9.81. The minimum absolute atomic E-state index is 0. The summed E-state index contributed by atoms with van der Waals surface area (Å²) in [6, 6.07) is 11.2. The molecule has 22 heavy (non-hydrogen) atoms. The molecule has 6 heteroatoms. The number of carbonyl (C=O) groups excluding carboxylic acids is 1. The van der Waals surface area contributed by atoms with Crippen LogP contribution in [0.25, 0.3) is 0 Å². The van der Waals surface area contributed by atoms with Crippen LogP contribution in [0.1, 0.15) is 40.3 Å². The number of amides is 1. The summed E-state index contributed by atoms with van der Waals surface area (Å²) in [7, 11) is 0. The molecule has 2 aromatic rings. The highest BCUT2D eigenvalue weighted by atomic mass is 35.5. The summed E-state index contributed by atoms with van der Waals surface area (Å²) in [4.78, 5) is 16.5. The van der Waals surface area contributed by atoms with Crippen molar-refractivity contribution in [2.75, 3.05) is 5.32 Å². The van der Waals surface area contributed by atoms with Gasteiger partial charge in [0, 0.05) is 17.4 Å². The van der Waals surface area contributed by atoms with Crippen molar-refractivity contribution >= 4 is 36.4 Å². The second-order valence-corrected chi connectivity index (χ2v) is 4.95. The van der Waals surface area contributed by atoms with E-state index in [9.17, 15) is 4.79 Å². The minimum atomic E-state index is -0.149. The maximum Gasteiger partial charge on any atom is 0.257 e. The fourth-order valence-electron chi connectivity index (χ4n) is 1.99. The molecule has 0 bridgehead atoms. The third-order valence-electron chi connectivity index (χ3n) is 3.16. The molecule has 0 radical (unpaired) electrons. The van der Waals surface area contributed by atoms with Crippen molar-refractivity contribution in [1.29, 1.82) is 0 Å². The Kier molecular flexibility index (Phi) is 8.09. The second-order valence-electron chi connectivity index (χ2n) is 4.95. The smallest absolute Gasteiger partial charge is 0.257 e. The number of nitrogens with zero attached hydrogens (tertiary/aromatic N) is 1. The molecule has 0 fully saturated rings. The van der Waals surface area contributed by atoms with E-state index < -0.39 is 0 Å². The summed E-state index contributed by atoms with van der Waals surface area (Å²) < 4.78 is 0. The van der Waals surface area contributed by atoms with Gasteiger partial charge in [-0.1, -0.05) is 12.1 Å². The molecule has 1 aromatic heterocycles. The summed E-state index contributed by atoms with van der Waals surface area (Å²) in [5, 5.41) is 2.86. The Balaban J connectivity index is 0.00000220. The molecule has 2 rings (SSSR count). The van der Waals surface area contributed by atoms with E-state index >= 15 is 0 Å². The molecule has 120 valence electrons. The zero-order valence-electron chi connectivity index (χ0n) is 12.8. The van der Waals surface area contributed by atoms with Gasteiger partial charge in [-0.2, -0.15) is 0 Å². The minimum Gasteiger partial charge on any atom is -0.324 e. The van der Waals surface area contributed by atoms with Crippen molar-refractivity contribution in [3.63, 3.8) is 0 Å². The fraction of sp³-hybridized carbons (Fsp3) is 0.250. The van der Waals surface area contributed by atoms with Crippen LogP contribution in [-0.2, 0) is 0 Å². The quantitative estimate of drug-likeness (QED) is 0.891. The van der Waals surface area contributed by atoms with Gasteiger partial charge in [0.1, 0.15) is 0 Å². The van der Waals surface area contributed by atoms with E-state index in [1.165, 1.54) is 0 Å². The Morgan fingerprint density at radius 3 is 2.18 bits per heavy atom. The number of rotatable bonds is 3. The molecule has 0 saturated heterocycles. The molecule has 0 spiro atoms. The first-order chi connectivity index (χ1) is 9.47. The molecule has 1 heterocycles. The van der Waals surface area contributed by atoms with Crippen LogP contribution in [0.4, 0.5) is 5.69 Å². The Bertz CT molecular complexity index is 628. The van der Waals surface area contributed by atoms with Gasteiger partial charge in [0.2, 0.25) is 0 Å². The number of halogens is 2. The lowest BCUT2D eigenvalue weighted by Gasteiger charge is -2.10. The molecule has 4 nitrogen and oxygen atoms in total. The Hall–Kier alpha value is -1.62. The van der Waals surface area contributed by atoms with Crippen LogP contribution in [0, 0.1) is 13.8 Å². The molecular weight excluding hydrogens is 321 g/mol. The van der Waals surface area contributed by atoms with E-state index in [1.54, 1.807) is 6.07 Å². The molecule has 0 aliphatic carbocycles. The predicted octanol–water partition coefficient (Wildman–Crippen LogP) is 3.81. The monoisotopic (exact) mass is 341 g/mol. The average molecular weight is 342 g/mol. The van der Waals surface area contributed by atoms with Crippen LogP contribution >= 0.6 is 24.8 Å². The fourth-order valence-corrected chi connectivity index (χ4v) is 1.99. The maximum absolute atomic E-state index is 12.2. The van der Waals surface area contributed by atoms with Crippen LogP contribution in [0.2, 0.25) is 0 Å². The van der Waals surface area contributed by atoms with Crippen molar-refractivity contribution in [3.8, 4) is 0 Å². The second kappa shape index (κ2) is 8.73. The van der Waals surface area contributed by atoms with Gasteiger partial charge in [0.05, 0.1) is 11.3 Å². The van der Waals surface area contributed by atoms with Crippen molar-refractivity contribution in [2.45, 2.75) is 26.8 Å². The SMILES string of the molecule is Cc1ccc(C(=O)Nc2ccc(C(C)N)cc2)c(C)n1.Cl.Cl. The molecule has 1 amide bonds. The van der Waals surface area contributed by atoms with E-state index in [4.69, 9.17) is 5.73 Å². The molecular formula is C16H21Cl2N3O. The first-order valence-electron chi connectivity index (χ1n) is 6.58. The number of benzene rings is 1. The van der Waals surface area contributed by atoms with E-state index in [1.807, 2.05) is 51.1 Å². The third kappa shape index (κ3) is 4.98. The predicted molar refractivity (Wildman–Crippen MR) is 95.2 cm³/mol. The van der Waals surface area contributed by atoms with Gasteiger partial charge in [0.25, 0.3) is 5.91 Å². The molecule has 0 saturated carbocycles. The van der Waals surface area contributed by atoms with Gasteiger partial charge < -0.3 is 11.1 Å². The van der Waals surface area contributed by atoms with E-state index in [0.717, 1.165) is 22.6 Å². The van der Waals surface area contributed by atoms with E-state index in [2.05, 4.69) is 10.3 Å². The van der Waals surface area contributed by atoms with Crippen molar-refractivity contribution < 1.29 is 4.79 Å². The maximum atomic E-state index is 12.2. The first-order valence-corrected chi connectivity index (χ1v) is 6.58. The lowest BCUT2D eigenvalue weighted by atomic mass is 10.1. The van der Waals surface area contributed by atoms with Crippen molar-refractivity contribution in [1.82, 2.24) is 4.98 Å². The molecule has 3 N–H and O–H groups in total. The van der Waals surface area contributed by atoms with E-state index in [-0.39, 0.29) is 36.8 Å². The highest BCUT2D eigenvalue weighted by Gasteiger charge is 2.10. The average Bonchev–Trinajstić information content (AvgIpc) is 2.39. The number of hydrogen-bond donors (Lipinski definition) is 2. The Morgan fingerprint density at radius 1 is 1.09 bits per heavy atom. The van der Waals surface area contributed by atoms with Crippen molar-refractivity contribution in [3.05, 3.63) is 58.9 Å². The highest BCUT2D eigenvalue weighted by Crippen LogP contribution is 2.16. The molecule has 1 unspecified atom stereocenters. The number of nitrogens with one attached hydrogen (secondary N) is 1. The van der Waals surface area contributed by atoms with E-state index in [0.29, 0.717) is 5.56 Å². The zero-order valence-corrected chi connectivity index (χ0v) is 14.4. The van der Waals surface area contributed by atoms with Crippen LogP contribution in [0.3, 0.4) is 0 Å². The topological polar surface area (TPSA) is 68.0 Å². The van der Waals surface area contributed by atoms with Gasteiger partial charge in [0.15, 0.2) is 0 Å². The van der Waals surface area contributed by atoms with Gasteiger partial charge in [-0.3, -0.25) is 9.78 Å². The molecule has 1 atom stereocenters. The number of hydrogen-bond acceptors (Lipinski definition) is 3. The van der Waals surface area contributed by atoms with Crippen LogP contribution in [0.15, 0.2) is 36.4 Å². The molecule has 0 aliphatic heterocycles. The Morgan fingerprint density at radius 2 is 1.68 bits per heavy atom. The summed E-state index contributed by atoms with van der Waals surface area (Å²) >= 11 is 0. The van der Waals surface area contributed by atoms with Crippen molar-refractivity contribution in [2.24, 2.45) is 5.73 Å². The van der Waals surface area contributed by atoms with Crippen LogP contribution in [-0.4, -0.2) is 10.9 Å². The summed E-state index contributed by atoms with van der Waals surface area (Å²) in [6.45, 7) is 5.66. The standard InChI is InChI=1S/C16H19N3O.2ClH/c1-10-4-9-15(12(3)18-10)16(20)19-14-7-5-13(6-8-14)11(2)17;;/h4-9,11H,17H2,1-3H3,(H,19,20);2*1H. The summed E-state index contributed by atoms with van der Waals surface area (Å²) in [6.07, 6.45) is 0. The van der Waals surface area contributed by atoms with Gasteiger partial charge >= 0.3 is 0 Å².